The number of ether oxygens (including phenoxy) is 1. The van der Waals surface area contributed by atoms with E-state index in [0.29, 0.717) is 6.61 Å². The molecule has 4 heterocycles. The largest absolute Gasteiger partial charge is 0.368 e. The van der Waals surface area contributed by atoms with Gasteiger partial charge >= 0.3 is 0 Å². The minimum Gasteiger partial charge on any atom is -0.368 e. The lowest BCUT2D eigenvalue weighted by Crippen LogP contribution is -2.48. The van der Waals surface area contributed by atoms with Gasteiger partial charge < -0.3 is 14.5 Å². The molecule has 0 unspecified atom stereocenters. The van der Waals surface area contributed by atoms with Gasteiger partial charge in [-0.05, 0) is 6.42 Å². The van der Waals surface area contributed by atoms with E-state index in [2.05, 4.69) is 24.6 Å². The molecule has 2 atom stereocenters. The summed E-state index contributed by atoms with van der Waals surface area (Å²) in [7, 11) is 3.91. The first-order valence-electron chi connectivity index (χ1n) is 6.99. The zero-order valence-electron chi connectivity index (χ0n) is 12.0. The molecule has 21 heavy (non-hydrogen) atoms. The predicted molar refractivity (Wildman–Crippen MR) is 78.7 cm³/mol. The average Bonchev–Trinajstić information content (AvgIpc) is 3.15. The maximum Gasteiger partial charge on any atom is 0.238 e. The number of piperidine rings is 1. The highest BCUT2D eigenvalue weighted by Crippen LogP contribution is 2.33. The van der Waals surface area contributed by atoms with Crippen molar-refractivity contribution in [2.75, 3.05) is 37.0 Å². The van der Waals surface area contributed by atoms with Gasteiger partial charge in [-0.3, -0.25) is 0 Å². The van der Waals surface area contributed by atoms with Gasteiger partial charge in [0.2, 0.25) is 11.1 Å². The van der Waals surface area contributed by atoms with Crippen LogP contribution in [0, 0.1) is 0 Å². The topological polar surface area (TPSA) is 72.2 Å². The average molecular weight is 307 g/mol. The Hall–Kier alpha value is -1.74. The van der Waals surface area contributed by atoms with Crippen molar-refractivity contribution in [3.63, 3.8) is 0 Å². The van der Waals surface area contributed by atoms with Gasteiger partial charge in [-0.25, -0.2) is 4.68 Å². The molecule has 0 radical (unpaired) electrons. The summed E-state index contributed by atoms with van der Waals surface area (Å²) in [6, 6.07) is 0.286. The summed E-state index contributed by atoms with van der Waals surface area (Å²) in [6.45, 7) is 2.35. The molecule has 0 spiro atoms. The van der Waals surface area contributed by atoms with Crippen LogP contribution in [0.25, 0.3) is 0 Å². The van der Waals surface area contributed by atoms with Gasteiger partial charge in [0, 0.05) is 38.7 Å². The molecule has 2 aromatic rings. The van der Waals surface area contributed by atoms with Gasteiger partial charge in [0.25, 0.3) is 0 Å². The van der Waals surface area contributed by atoms with E-state index in [0.717, 1.165) is 36.3 Å². The highest BCUT2D eigenvalue weighted by molar-refractivity contribution is 7.09. The van der Waals surface area contributed by atoms with Crippen molar-refractivity contribution in [1.82, 2.24) is 24.4 Å². The monoisotopic (exact) mass is 307 g/mol. The molecule has 4 rings (SSSR count). The summed E-state index contributed by atoms with van der Waals surface area (Å²) < 4.78 is 12.4. The van der Waals surface area contributed by atoms with E-state index in [-0.39, 0.29) is 12.1 Å². The molecule has 0 saturated carbocycles. The molecule has 1 saturated heterocycles. The van der Waals surface area contributed by atoms with Gasteiger partial charge in [0.1, 0.15) is 0 Å². The Bertz CT molecular complexity index is 639. The molecule has 0 aliphatic carbocycles. The van der Waals surface area contributed by atoms with Crippen LogP contribution in [0.4, 0.5) is 11.1 Å². The van der Waals surface area contributed by atoms with Crippen molar-refractivity contribution in [3.05, 3.63) is 11.9 Å². The van der Waals surface area contributed by atoms with Crippen LogP contribution in [-0.4, -0.2) is 57.6 Å². The number of rotatable bonds is 2. The van der Waals surface area contributed by atoms with E-state index in [1.54, 1.807) is 6.20 Å². The van der Waals surface area contributed by atoms with Crippen molar-refractivity contribution in [2.45, 2.75) is 25.2 Å². The Kier molecular flexibility index (Phi) is 3.03. The molecule has 8 nitrogen and oxygen atoms in total. The second kappa shape index (κ2) is 4.92. The summed E-state index contributed by atoms with van der Waals surface area (Å²) >= 11 is 1.44. The molecule has 2 aliphatic heterocycles. The highest BCUT2D eigenvalue weighted by Gasteiger charge is 2.37. The summed E-state index contributed by atoms with van der Waals surface area (Å²) in [6.07, 6.45) is 2.91. The fourth-order valence-corrected chi connectivity index (χ4v) is 3.65. The molecule has 2 aliphatic rings. The number of nitrogens with zero attached hydrogens (tertiary/aromatic N) is 7. The van der Waals surface area contributed by atoms with Gasteiger partial charge in [-0.1, -0.05) is 5.21 Å². The number of hydrogen-bond acceptors (Lipinski definition) is 8. The Labute approximate surface area is 126 Å². The molecule has 0 amide bonds. The minimum atomic E-state index is 0.139. The van der Waals surface area contributed by atoms with Crippen molar-refractivity contribution in [1.29, 1.82) is 0 Å². The van der Waals surface area contributed by atoms with Crippen LogP contribution in [-0.2, 0) is 11.3 Å². The lowest BCUT2D eigenvalue weighted by atomic mass is 10.0. The number of fused-ring (bicyclic) bond motifs is 3. The molecule has 9 heteroatoms. The van der Waals surface area contributed by atoms with Gasteiger partial charge in [0.05, 0.1) is 30.6 Å². The molecule has 0 N–H and O–H groups in total. The van der Waals surface area contributed by atoms with Gasteiger partial charge in [0.15, 0.2) is 0 Å². The van der Waals surface area contributed by atoms with E-state index in [9.17, 15) is 0 Å². The van der Waals surface area contributed by atoms with Crippen LogP contribution in [0.15, 0.2) is 6.20 Å². The van der Waals surface area contributed by atoms with E-state index in [1.807, 2.05) is 23.7 Å². The van der Waals surface area contributed by atoms with Crippen LogP contribution in [0.1, 0.15) is 18.2 Å². The maximum absolute atomic E-state index is 5.98. The molecule has 0 aromatic carbocycles. The van der Waals surface area contributed by atoms with Crippen LogP contribution in [0.2, 0.25) is 0 Å². The number of hydrogen-bond donors (Lipinski definition) is 0. The van der Waals surface area contributed by atoms with E-state index in [4.69, 9.17) is 4.74 Å². The van der Waals surface area contributed by atoms with Crippen LogP contribution < -0.4 is 9.80 Å². The zero-order chi connectivity index (χ0) is 14.4. The van der Waals surface area contributed by atoms with Crippen molar-refractivity contribution < 1.29 is 4.74 Å². The van der Waals surface area contributed by atoms with Gasteiger partial charge in [-0.2, -0.15) is 9.36 Å². The fraction of sp³-hybridized carbons (Fsp3) is 0.667. The van der Waals surface area contributed by atoms with E-state index >= 15 is 0 Å². The van der Waals surface area contributed by atoms with E-state index < -0.39 is 0 Å². The Morgan fingerprint density at radius 3 is 3.14 bits per heavy atom. The van der Waals surface area contributed by atoms with Crippen molar-refractivity contribution in [2.24, 2.45) is 0 Å². The minimum absolute atomic E-state index is 0.139. The lowest BCUT2D eigenvalue weighted by Gasteiger charge is -2.40. The van der Waals surface area contributed by atoms with Crippen LogP contribution in [0.3, 0.4) is 0 Å². The van der Waals surface area contributed by atoms with Gasteiger partial charge in [-0.15, -0.1) is 5.10 Å². The fourth-order valence-electron chi connectivity index (χ4n) is 2.88. The molecule has 0 bridgehead atoms. The van der Waals surface area contributed by atoms with Crippen LogP contribution in [0.5, 0.6) is 0 Å². The first-order chi connectivity index (χ1) is 10.2. The summed E-state index contributed by atoms with van der Waals surface area (Å²) in [5, 5.41) is 9.15. The quantitative estimate of drug-likeness (QED) is 0.802. The third-order valence-electron chi connectivity index (χ3n) is 4.01. The Balaban J connectivity index is 1.52. The third-order valence-corrected chi connectivity index (χ3v) is 4.78. The molecular weight excluding hydrogens is 290 g/mol. The maximum atomic E-state index is 5.98. The standard InChI is InChI=1S/C12H17N7OS/c1-17(2)11-14-12(21-15-11)18-4-3-9-10(6-18)20-7-8-5-13-16-19(8)9/h5,9-10H,3-4,6-7H2,1-2H3/t9-,10-/m0/s1. The molecule has 2 aromatic heterocycles. The lowest BCUT2D eigenvalue weighted by molar-refractivity contribution is -0.0334. The van der Waals surface area contributed by atoms with Crippen molar-refractivity contribution in [3.8, 4) is 0 Å². The van der Waals surface area contributed by atoms with Crippen molar-refractivity contribution >= 4 is 22.6 Å². The number of aromatic nitrogens is 5. The first-order valence-corrected chi connectivity index (χ1v) is 7.76. The summed E-state index contributed by atoms with van der Waals surface area (Å²) in [5.41, 5.74) is 1.07. The second-order valence-corrected chi connectivity index (χ2v) is 6.32. The normalized spacial score (nSPS) is 24.6. The molecular formula is C12H17N7OS. The predicted octanol–water partition coefficient (Wildman–Crippen LogP) is 0.546. The smallest absolute Gasteiger partial charge is 0.238 e. The SMILES string of the molecule is CN(C)c1nsc(N2CC[C@H]3[C@H](C2)OCc2cnnn23)n1. The second-order valence-electron chi connectivity index (χ2n) is 5.59. The zero-order valence-corrected chi connectivity index (χ0v) is 12.8. The summed E-state index contributed by atoms with van der Waals surface area (Å²) in [4.78, 5) is 8.75. The third kappa shape index (κ3) is 2.16. The molecule has 1 fully saturated rings. The van der Waals surface area contributed by atoms with E-state index in [1.165, 1.54) is 11.5 Å². The highest BCUT2D eigenvalue weighted by atomic mass is 32.1. The first kappa shape index (κ1) is 13.0. The molecule has 112 valence electrons. The Morgan fingerprint density at radius 1 is 1.43 bits per heavy atom. The Morgan fingerprint density at radius 2 is 2.33 bits per heavy atom. The summed E-state index contributed by atoms with van der Waals surface area (Å²) in [5.74, 6) is 0.764. The number of anilines is 2. The van der Waals surface area contributed by atoms with Crippen LogP contribution >= 0.6 is 11.5 Å².